The number of aromatic nitrogens is 3. The summed E-state index contributed by atoms with van der Waals surface area (Å²) in [6.45, 7) is 4.19. The van der Waals surface area contributed by atoms with Crippen molar-refractivity contribution in [3.63, 3.8) is 0 Å². The molecule has 2 saturated carbocycles. The summed E-state index contributed by atoms with van der Waals surface area (Å²) in [7, 11) is 0. The number of hydrogen-bond acceptors (Lipinski definition) is 4. The number of nitrogens with one attached hydrogen (secondary N) is 2. The van der Waals surface area contributed by atoms with Gasteiger partial charge in [-0.05, 0) is 54.4 Å². The Hall–Kier alpha value is -3.50. The lowest BCUT2D eigenvalue weighted by Crippen LogP contribution is -2.14. The van der Waals surface area contributed by atoms with Gasteiger partial charge in [0.1, 0.15) is 22.8 Å². The van der Waals surface area contributed by atoms with E-state index in [1.807, 2.05) is 0 Å². The molecule has 2 aromatic heterocycles. The van der Waals surface area contributed by atoms with Crippen LogP contribution in [0.25, 0.3) is 32.9 Å². The quantitative estimate of drug-likeness (QED) is 0.366. The third kappa shape index (κ3) is 3.33. The monoisotopic (exact) mass is 458 g/mol. The molecule has 3 heterocycles. The second kappa shape index (κ2) is 7.78. The number of fused-ring (bicyclic) bond motifs is 3. The topological polar surface area (TPSA) is 73.8 Å². The summed E-state index contributed by atoms with van der Waals surface area (Å²) < 4.78 is 29.9. The number of aromatic hydroxyl groups is 1. The van der Waals surface area contributed by atoms with Gasteiger partial charge in [0.25, 0.3) is 0 Å². The molecule has 34 heavy (non-hydrogen) atoms. The van der Waals surface area contributed by atoms with Crippen LogP contribution in [0.3, 0.4) is 0 Å². The first-order chi connectivity index (χ1) is 16.5. The van der Waals surface area contributed by atoms with Crippen LogP contribution in [-0.2, 0) is 0 Å². The minimum atomic E-state index is -0.627. The lowest BCUT2D eigenvalue weighted by atomic mass is 9.95. The molecule has 1 aliphatic heterocycles. The fourth-order valence-electron chi connectivity index (χ4n) is 5.17. The van der Waals surface area contributed by atoms with E-state index >= 15 is 4.39 Å². The Morgan fingerprint density at radius 3 is 2.56 bits per heavy atom. The highest BCUT2D eigenvalue weighted by Crippen LogP contribution is 2.56. The van der Waals surface area contributed by atoms with E-state index in [0.717, 1.165) is 24.7 Å². The molecule has 5 nitrogen and oxygen atoms in total. The van der Waals surface area contributed by atoms with Gasteiger partial charge in [0, 0.05) is 34.1 Å². The third-order valence-corrected chi connectivity index (χ3v) is 7.31. The second-order valence-corrected chi connectivity index (χ2v) is 9.67. The number of H-pyrrole nitrogens is 1. The first-order valence-electron chi connectivity index (χ1n) is 11.6. The lowest BCUT2D eigenvalue weighted by Gasteiger charge is -2.11. The second-order valence-electron chi connectivity index (χ2n) is 9.67. The van der Waals surface area contributed by atoms with Crippen molar-refractivity contribution in [2.45, 2.75) is 25.7 Å². The zero-order valence-electron chi connectivity index (χ0n) is 18.7. The van der Waals surface area contributed by atoms with Crippen molar-refractivity contribution in [1.82, 2.24) is 20.5 Å². The molecular formula is C27H24F2N4O. The summed E-state index contributed by atoms with van der Waals surface area (Å²) in [5.74, 6) is 3.56. The third-order valence-electron chi connectivity index (χ3n) is 7.31. The van der Waals surface area contributed by atoms with Crippen LogP contribution in [0.5, 0.6) is 5.75 Å². The van der Waals surface area contributed by atoms with Crippen molar-refractivity contribution in [3.05, 3.63) is 53.4 Å². The molecule has 0 amide bonds. The van der Waals surface area contributed by atoms with Crippen molar-refractivity contribution >= 4 is 21.7 Å². The molecule has 2 aromatic carbocycles. The zero-order chi connectivity index (χ0) is 23.6. The molecule has 0 spiro atoms. The molecule has 7 rings (SSSR count). The molecule has 3 N–H and O–H groups in total. The van der Waals surface area contributed by atoms with Gasteiger partial charge in [-0.15, -0.1) is 6.42 Å². The number of terminal acetylenes is 1. The van der Waals surface area contributed by atoms with Gasteiger partial charge in [0.15, 0.2) is 5.82 Å². The average molecular weight is 459 g/mol. The van der Waals surface area contributed by atoms with Crippen LogP contribution in [0.15, 0.2) is 30.5 Å². The van der Waals surface area contributed by atoms with Crippen molar-refractivity contribution < 1.29 is 13.9 Å². The van der Waals surface area contributed by atoms with E-state index in [1.165, 1.54) is 37.1 Å². The van der Waals surface area contributed by atoms with Gasteiger partial charge in [-0.1, -0.05) is 31.8 Å². The van der Waals surface area contributed by atoms with Crippen molar-refractivity contribution in [1.29, 1.82) is 0 Å². The minimum absolute atomic E-state index is 0.00446. The maximum Gasteiger partial charge on any atom is 0.177 e. The molecule has 3 fully saturated rings. The van der Waals surface area contributed by atoms with E-state index in [9.17, 15) is 9.50 Å². The average Bonchev–Trinajstić information content (AvgIpc) is 3.62. The van der Waals surface area contributed by atoms with Crippen LogP contribution < -0.4 is 5.32 Å². The number of phenols is 1. The summed E-state index contributed by atoms with van der Waals surface area (Å²) in [6.07, 6.45) is 10.1. The number of pyridine rings is 1. The van der Waals surface area contributed by atoms with Gasteiger partial charge in [-0.3, -0.25) is 10.1 Å². The highest BCUT2D eigenvalue weighted by molar-refractivity contribution is 6.02. The Morgan fingerprint density at radius 1 is 1.15 bits per heavy atom. The lowest BCUT2D eigenvalue weighted by molar-refractivity contribution is 0.476. The Bertz CT molecular complexity index is 1470. The maximum atomic E-state index is 15.6. The number of nitrogens with zero attached hydrogens (tertiary/aromatic N) is 2. The van der Waals surface area contributed by atoms with Crippen LogP contribution in [0, 0.1) is 41.7 Å². The molecule has 7 heteroatoms. The van der Waals surface area contributed by atoms with Gasteiger partial charge in [-0.2, -0.15) is 5.10 Å². The molecular weight excluding hydrogens is 434 g/mol. The van der Waals surface area contributed by atoms with E-state index in [-0.39, 0.29) is 28.1 Å². The predicted molar refractivity (Wildman–Crippen MR) is 127 cm³/mol. The number of rotatable bonds is 2. The molecule has 0 bridgehead atoms. The molecule has 4 aromatic rings. The number of benzene rings is 2. The van der Waals surface area contributed by atoms with E-state index in [4.69, 9.17) is 6.42 Å². The van der Waals surface area contributed by atoms with Gasteiger partial charge in [-0.25, -0.2) is 8.78 Å². The fraction of sp³-hybridized carbons (Fsp3) is 0.333. The maximum absolute atomic E-state index is 15.6. The molecule has 0 radical (unpaired) electrons. The Balaban J connectivity index is 0.000000495. The number of phenolic OH excluding ortho intramolecular Hbond substituents is 1. The van der Waals surface area contributed by atoms with Crippen molar-refractivity contribution in [3.8, 4) is 29.4 Å². The Kier molecular flexibility index (Phi) is 4.82. The first-order valence-corrected chi connectivity index (χ1v) is 11.6. The van der Waals surface area contributed by atoms with Crippen molar-refractivity contribution in [2.24, 2.45) is 17.8 Å². The molecule has 3 aliphatic rings. The van der Waals surface area contributed by atoms with Gasteiger partial charge >= 0.3 is 0 Å². The summed E-state index contributed by atoms with van der Waals surface area (Å²) in [4.78, 5) is 4.36. The minimum Gasteiger partial charge on any atom is -0.508 e. The summed E-state index contributed by atoms with van der Waals surface area (Å²) >= 11 is 0. The molecule has 172 valence electrons. The van der Waals surface area contributed by atoms with Crippen molar-refractivity contribution in [2.75, 3.05) is 13.1 Å². The highest BCUT2D eigenvalue weighted by atomic mass is 19.1. The Morgan fingerprint density at radius 2 is 1.88 bits per heavy atom. The largest absolute Gasteiger partial charge is 0.508 e. The number of halogens is 2. The van der Waals surface area contributed by atoms with Crippen LogP contribution >= 0.6 is 0 Å². The Labute approximate surface area is 195 Å². The normalized spacial score (nSPS) is 22.8. The van der Waals surface area contributed by atoms with E-state index < -0.39 is 11.6 Å². The van der Waals surface area contributed by atoms with Crippen LogP contribution in [-0.4, -0.2) is 33.4 Å². The summed E-state index contributed by atoms with van der Waals surface area (Å²) in [5.41, 5.74) is 1.30. The molecule has 1 unspecified atom stereocenters. The number of aromatic amines is 1. The SMILES string of the molecule is C#Cc1c(F)ccc2cc(O)cc(-c3ncc4c(C5[C@H]6CNC[C@@H]56)[nH]nc4c3F)c12.CC1CC1. The van der Waals surface area contributed by atoms with E-state index in [0.29, 0.717) is 33.9 Å². The molecule has 3 atom stereocenters. The van der Waals surface area contributed by atoms with Crippen LogP contribution in [0.2, 0.25) is 0 Å². The van der Waals surface area contributed by atoms with Gasteiger partial charge in [0.2, 0.25) is 0 Å². The van der Waals surface area contributed by atoms with Gasteiger partial charge < -0.3 is 10.4 Å². The molecule has 2 aliphatic carbocycles. The zero-order valence-corrected chi connectivity index (χ0v) is 18.7. The first kappa shape index (κ1) is 21.1. The van der Waals surface area contributed by atoms with E-state index in [2.05, 4.69) is 33.3 Å². The standard InChI is InChI=1S/C23H16F2N4O.C4H8/c1-2-12-17(24)4-3-10-5-11(30)6-13(18(10)12)22-20(25)23-16(9-27-22)21(28-29-23)19-14-7-26-8-15(14)19;1-4-2-3-4/h1,3-6,9,14-15,19,26,30H,7-8H2,(H,28,29);4H,2-3H2,1H3/t14-,15+,19?;. The predicted octanol–water partition coefficient (Wildman–Crippen LogP) is 5.09. The van der Waals surface area contributed by atoms with Crippen LogP contribution in [0.4, 0.5) is 8.78 Å². The fourth-order valence-corrected chi connectivity index (χ4v) is 5.17. The van der Waals surface area contributed by atoms with E-state index in [1.54, 1.807) is 6.20 Å². The van der Waals surface area contributed by atoms with Crippen LogP contribution in [0.1, 0.15) is 36.9 Å². The smallest absolute Gasteiger partial charge is 0.177 e. The van der Waals surface area contributed by atoms with Gasteiger partial charge in [0.05, 0.1) is 5.56 Å². The molecule has 1 saturated heterocycles. The number of hydrogen-bond donors (Lipinski definition) is 3. The summed E-state index contributed by atoms with van der Waals surface area (Å²) in [5, 5.41) is 22.2. The summed E-state index contributed by atoms with van der Waals surface area (Å²) in [6, 6.07) is 5.54. The number of piperidine rings is 1. The highest BCUT2D eigenvalue weighted by Gasteiger charge is 2.54.